The Morgan fingerprint density at radius 2 is 1.75 bits per heavy atom. The molecule has 0 aliphatic heterocycles. The first-order chi connectivity index (χ1) is 11.5. The molecule has 7 heteroatoms. The Balaban J connectivity index is 1.81. The maximum atomic E-state index is 13.4. The molecule has 5 nitrogen and oxygen atoms in total. The Morgan fingerprint density at radius 3 is 2.42 bits per heavy atom. The summed E-state index contributed by atoms with van der Waals surface area (Å²) < 4.78 is 36.2. The van der Waals surface area contributed by atoms with Gasteiger partial charge in [0.05, 0.1) is 5.69 Å². The highest BCUT2D eigenvalue weighted by molar-refractivity contribution is 5.95. The molecule has 1 amide bonds. The Hall–Kier alpha value is -2.96. The standard InChI is InChI=1S/C17H15F2NO4/c1-11(17(22)20-15-5-3-2-4-14(15)19)24-16(21)10-23-13-8-6-12(18)7-9-13/h2-9,11H,10H2,1H3,(H,20,22)/t11-/m0/s1. The summed E-state index contributed by atoms with van der Waals surface area (Å²) in [5, 5.41) is 2.32. The van der Waals surface area contributed by atoms with E-state index >= 15 is 0 Å². The van der Waals surface area contributed by atoms with Crippen LogP contribution in [0.15, 0.2) is 48.5 Å². The van der Waals surface area contributed by atoms with Crippen LogP contribution in [0.25, 0.3) is 0 Å². The quantitative estimate of drug-likeness (QED) is 0.825. The lowest BCUT2D eigenvalue weighted by Gasteiger charge is -2.14. The van der Waals surface area contributed by atoms with Gasteiger partial charge in [0.25, 0.3) is 5.91 Å². The van der Waals surface area contributed by atoms with E-state index in [1.54, 1.807) is 6.07 Å². The van der Waals surface area contributed by atoms with E-state index in [1.807, 2.05) is 0 Å². The summed E-state index contributed by atoms with van der Waals surface area (Å²) in [6.07, 6.45) is -1.13. The predicted octanol–water partition coefficient (Wildman–Crippen LogP) is 2.91. The van der Waals surface area contributed by atoms with Crippen LogP contribution in [-0.2, 0) is 14.3 Å². The monoisotopic (exact) mass is 335 g/mol. The van der Waals surface area contributed by atoms with Gasteiger partial charge in [-0.2, -0.15) is 0 Å². The molecular formula is C17H15F2NO4. The summed E-state index contributed by atoms with van der Waals surface area (Å²) in [6.45, 7) is 0.912. The number of hydrogen-bond donors (Lipinski definition) is 1. The molecule has 0 aliphatic carbocycles. The maximum Gasteiger partial charge on any atom is 0.344 e. The van der Waals surface area contributed by atoms with Crippen LogP contribution < -0.4 is 10.1 Å². The zero-order chi connectivity index (χ0) is 17.5. The molecule has 2 aromatic rings. The predicted molar refractivity (Wildman–Crippen MR) is 82.5 cm³/mol. The minimum atomic E-state index is -1.13. The number of hydrogen-bond acceptors (Lipinski definition) is 4. The summed E-state index contributed by atoms with van der Waals surface area (Å²) in [7, 11) is 0. The molecule has 0 fully saturated rings. The summed E-state index contributed by atoms with van der Waals surface area (Å²) in [5.41, 5.74) is -0.00652. The molecule has 2 rings (SSSR count). The summed E-state index contributed by atoms with van der Waals surface area (Å²) in [5.74, 6) is -2.19. The van der Waals surface area contributed by atoms with Crippen LogP contribution in [0.4, 0.5) is 14.5 Å². The highest BCUT2D eigenvalue weighted by Gasteiger charge is 2.19. The van der Waals surface area contributed by atoms with Crippen molar-refractivity contribution in [2.75, 3.05) is 11.9 Å². The van der Waals surface area contributed by atoms with Crippen LogP contribution in [0, 0.1) is 11.6 Å². The average Bonchev–Trinajstić information content (AvgIpc) is 2.56. The number of ether oxygens (including phenoxy) is 2. The highest BCUT2D eigenvalue weighted by Crippen LogP contribution is 2.13. The van der Waals surface area contributed by atoms with Gasteiger partial charge >= 0.3 is 5.97 Å². The van der Waals surface area contributed by atoms with Gasteiger partial charge < -0.3 is 14.8 Å². The lowest BCUT2D eigenvalue weighted by molar-refractivity contribution is -0.155. The van der Waals surface area contributed by atoms with Gasteiger partial charge in [0.1, 0.15) is 17.4 Å². The van der Waals surface area contributed by atoms with E-state index in [0.29, 0.717) is 0 Å². The van der Waals surface area contributed by atoms with Crippen LogP contribution in [0.2, 0.25) is 0 Å². The molecule has 0 radical (unpaired) electrons. The fourth-order valence-electron chi connectivity index (χ4n) is 1.75. The second kappa shape index (κ2) is 8.05. The van der Waals surface area contributed by atoms with Gasteiger partial charge in [-0.05, 0) is 43.3 Å². The van der Waals surface area contributed by atoms with Gasteiger partial charge in [-0.1, -0.05) is 12.1 Å². The van der Waals surface area contributed by atoms with Gasteiger partial charge in [-0.25, -0.2) is 13.6 Å². The molecule has 0 spiro atoms. The zero-order valence-electron chi connectivity index (χ0n) is 12.8. The number of halogens is 2. The number of benzene rings is 2. The minimum absolute atomic E-state index is 0.00652. The smallest absolute Gasteiger partial charge is 0.344 e. The van der Waals surface area contributed by atoms with E-state index in [1.165, 1.54) is 49.4 Å². The fraction of sp³-hybridized carbons (Fsp3) is 0.176. The summed E-state index contributed by atoms with van der Waals surface area (Å²) in [6, 6.07) is 10.7. The third-order valence-electron chi connectivity index (χ3n) is 2.98. The molecule has 0 saturated heterocycles. The van der Waals surface area contributed by atoms with Gasteiger partial charge in [0, 0.05) is 0 Å². The average molecular weight is 335 g/mol. The van der Waals surface area contributed by atoms with Crippen molar-refractivity contribution < 1.29 is 27.8 Å². The molecule has 0 saturated carbocycles. The first-order valence-electron chi connectivity index (χ1n) is 7.09. The number of para-hydroxylation sites is 1. The van der Waals surface area contributed by atoms with Crippen molar-refractivity contribution >= 4 is 17.6 Å². The number of rotatable bonds is 6. The van der Waals surface area contributed by atoms with E-state index in [9.17, 15) is 18.4 Å². The molecular weight excluding hydrogens is 320 g/mol. The van der Waals surface area contributed by atoms with Crippen LogP contribution in [0.1, 0.15) is 6.92 Å². The van der Waals surface area contributed by atoms with Crippen LogP contribution in [0.5, 0.6) is 5.75 Å². The van der Waals surface area contributed by atoms with Crippen molar-refractivity contribution in [3.05, 3.63) is 60.2 Å². The third-order valence-corrected chi connectivity index (χ3v) is 2.98. The molecule has 0 aliphatic rings. The minimum Gasteiger partial charge on any atom is -0.482 e. The van der Waals surface area contributed by atoms with E-state index < -0.39 is 36.2 Å². The zero-order valence-corrected chi connectivity index (χ0v) is 12.8. The van der Waals surface area contributed by atoms with Gasteiger partial charge in [-0.15, -0.1) is 0 Å². The second-order valence-corrected chi connectivity index (χ2v) is 4.84. The molecule has 1 atom stereocenters. The molecule has 0 unspecified atom stereocenters. The molecule has 2 aromatic carbocycles. The lowest BCUT2D eigenvalue weighted by atomic mass is 10.3. The number of anilines is 1. The van der Waals surface area contributed by atoms with Crippen molar-refractivity contribution in [2.45, 2.75) is 13.0 Å². The van der Waals surface area contributed by atoms with Crippen LogP contribution in [0.3, 0.4) is 0 Å². The van der Waals surface area contributed by atoms with Crippen molar-refractivity contribution in [3.8, 4) is 5.75 Å². The van der Waals surface area contributed by atoms with Crippen molar-refractivity contribution in [1.82, 2.24) is 0 Å². The number of carbonyl (C=O) groups is 2. The number of esters is 1. The highest BCUT2D eigenvalue weighted by atomic mass is 19.1. The summed E-state index contributed by atoms with van der Waals surface area (Å²) >= 11 is 0. The largest absolute Gasteiger partial charge is 0.482 e. The molecule has 0 bridgehead atoms. The Morgan fingerprint density at radius 1 is 1.08 bits per heavy atom. The summed E-state index contributed by atoms with van der Waals surface area (Å²) in [4.78, 5) is 23.5. The molecule has 0 aromatic heterocycles. The maximum absolute atomic E-state index is 13.4. The van der Waals surface area contributed by atoms with Crippen molar-refractivity contribution in [2.24, 2.45) is 0 Å². The first kappa shape index (κ1) is 17.4. The molecule has 0 heterocycles. The molecule has 24 heavy (non-hydrogen) atoms. The molecule has 126 valence electrons. The second-order valence-electron chi connectivity index (χ2n) is 4.84. The first-order valence-corrected chi connectivity index (χ1v) is 7.09. The third kappa shape index (κ3) is 5.05. The van der Waals surface area contributed by atoms with Gasteiger partial charge in [-0.3, -0.25) is 4.79 Å². The van der Waals surface area contributed by atoms with Crippen LogP contribution in [-0.4, -0.2) is 24.6 Å². The number of amides is 1. The SMILES string of the molecule is C[C@H](OC(=O)COc1ccc(F)cc1)C(=O)Nc1ccccc1F. The Kier molecular flexibility index (Phi) is 5.83. The fourth-order valence-corrected chi connectivity index (χ4v) is 1.75. The molecule has 1 N–H and O–H groups in total. The number of nitrogens with one attached hydrogen (secondary N) is 1. The van der Waals surface area contributed by atoms with Crippen molar-refractivity contribution in [1.29, 1.82) is 0 Å². The van der Waals surface area contributed by atoms with E-state index in [2.05, 4.69) is 5.32 Å². The Labute approximate surface area is 137 Å². The normalized spacial score (nSPS) is 11.5. The van der Waals surface area contributed by atoms with E-state index in [-0.39, 0.29) is 11.4 Å². The van der Waals surface area contributed by atoms with E-state index in [4.69, 9.17) is 9.47 Å². The van der Waals surface area contributed by atoms with Gasteiger partial charge in [0.2, 0.25) is 0 Å². The lowest BCUT2D eigenvalue weighted by Crippen LogP contribution is -2.31. The topological polar surface area (TPSA) is 64.6 Å². The van der Waals surface area contributed by atoms with Crippen LogP contribution >= 0.6 is 0 Å². The van der Waals surface area contributed by atoms with Crippen molar-refractivity contribution in [3.63, 3.8) is 0 Å². The number of carbonyl (C=O) groups excluding carboxylic acids is 2. The van der Waals surface area contributed by atoms with Gasteiger partial charge in [0.15, 0.2) is 12.7 Å². The Bertz CT molecular complexity index is 719. The van der Waals surface area contributed by atoms with E-state index in [0.717, 1.165) is 0 Å².